The highest BCUT2D eigenvalue weighted by Gasteiger charge is 2.16. The topological polar surface area (TPSA) is 68.0 Å². The highest BCUT2D eigenvalue weighted by Crippen LogP contribution is 2.30. The molecular weight excluding hydrogens is 246 g/mol. The number of anilines is 1. The number of nitrogens with zero attached hydrogens (tertiary/aromatic N) is 1. The lowest BCUT2D eigenvalue weighted by atomic mass is 10.0. The minimum absolute atomic E-state index is 0.137. The van der Waals surface area contributed by atoms with Crippen LogP contribution in [0.15, 0.2) is 6.20 Å². The SMILES string of the molecule is CCCC(N)C(=O)Nc1ncc(C(CC)CC)s1. The molecule has 0 fully saturated rings. The first-order valence-corrected chi connectivity index (χ1v) is 7.46. The molecule has 1 rings (SSSR count). The predicted octanol–water partition coefficient (Wildman–Crippen LogP) is 3.11. The van der Waals surface area contributed by atoms with Gasteiger partial charge in [-0.3, -0.25) is 4.79 Å². The lowest BCUT2D eigenvalue weighted by Gasteiger charge is -2.09. The second-order valence-electron chi connectivity index (χ2n) is 4.47. The minimum atomic E-state index is -0.435. The van der Waals surface area contributed by atoms with E-state index in [-0.39, 0.29) is 5.91 Å². The minimum Gasteiger partial charge on any atom is -0.320 e. The molecule has 0 aliphatic carbocycles. The summed E-state index contributed by atoms with van der Waals surface area (Å²) in [6.45, 7) is 6.36. The summed E-state index contributed by atoms with van der Waals surface area (Å²) in [6.07, 6.45) is 5.67. The Morgan fingerprint density at radius 3 is 2.67 bits per heavy atom. The Morgan fingerprint density at radius 1 is 1.44 bits per heavy atom. The standard InChI is InChI=1S/C13H23N3OS/c1-4-7-10(14)12(17)16-13-15-8-11(18-13)9(5-2)6-3/h8-10H,4-7,14H2,1-3H3,(H,15,16,17). The summed E-state index contributed by atoms with van der Waals surface area (Å²) >= 11 is 1.56. The third-order valence-electron chi connectivity index (χ3n) is 3.08. The van der Waals surface area contributed by atoms with Gasteiger partial charge in [-0.25, -0.2) is 4.98 Å². The molecular formula is C13H23N3OS. The van der Waals surface area contributed by atoms with Crippen LogP contribution >= 0.6 is 11.3 Å². The third kappa shape index (κ3) is 4.07. The first-order valence-electron chi connectivity index (χ1n) is 6.64. The average Bonchev–Trinajstić information content (AvgIpc) is 2.79. The van der Waals surface area contributed by atoms with Crippen molar-refractivity contribution in [3.8, 4) is 0 Å². The Hall–Kier alpha value is -0.940. The zero-order valence-corrected chi connectivity index (χ0v) is 12.2. The molecule has 5 heteroatoms. The van der Waals surface area contributed by atoms with Crippen molar-refractivity contribution < 1.29 is 4.79 Å². The van der Waals surface area contributed by atoms with Gasteiger partial charge in [-0.1, -0.05) is 27.2 Å². The largest absolute Gasteiger partial charge is 0.320 e. The molecule has 0 radical (unpaired) electrons. The van der Waals surface area contributed by atoms with Gasteiger partial charge in [-0.2, -0.15) is 0 Å². The molecule has 1 aromatic heterocycles. The number of hydrogen-bond acceptors (Lipinski definition) is 4. The van der Waals surface area contributed by atoms with E-state index in [1.807, 2.05) is 13.1 Å². The lowest BCUT2D eigenvalue weighted by molar-refractivity contribution is -0.117. The second kappa shape index (κ2) is 7.48. The molecule has 1 amide bonds. The van der Waals surface area contributed by atoms with Crippen molar-refractivity contribution in [1.29, 1.82) is 0 Å². The van der Waals surface area contributed by atoms with Crippen LogP contribution in [0, 0.1) is 0 Å². The summed E-state index contributed by atoms with van der Waals surface area (Å²) in [5, 5.41) is 3.45. The molecule has 1 unspecified atom stereocenters. The van der Waals surface area contributed by atoms with Crippen LogP contribution in [0.4, 0.5) is 5.13 Å². The number of nitrogens with one attached hydrogen (secondary N) is 1. The first-order chi connectivity index (χ1) is 8.62. The van der Waals surface area contributed by atoms with E-state index in [2.05, 4.69) is 24.1 Å². The molecule has 0 bridgehead atoms. The van der Waals surface area contributed by atoms with E-state index in [0.29, 0.717) is 17.5 Å². The molecule has 3 N–H and O–H groups in total. The van der Waals surface area contributed by atoms with Crippen LogP contribution in [0.2, 0.25) is 0 Å². The summed E-state index contributed by atoms with van der Waals surface area (Å²) in [4.78, 5) is 17.2. The molecule has 102 valence electrons. The van der Waals surface area contributed by atoms with Crippen LogP contribution in [-0.4, -0.2) is 16.9 Å². The molecule has 0 aliphatic rings. The van der Waals surface area contributed by atoms with E-state index >= 15 is 0 Å². The number of thiazole rings is 1. The van der Waals surface area contributed by atoms with Crippen LogP contribution in [0.25, 0.3) is 0 Å². The van der Waals surface area contributed by atoms with Crippen molar-refractivity contribution in [2.24, 2.45) is 5.73 Å². The predicted molar refractivity (Wildman–Crippen MR) is 77.0 cm³/mol. The van der Waals surface area contributed by atoms with Crippen molar-refractivity contribution in [3.05, 3.63) is 11.1 Å². The molecule has 4 nitrogen and oxygen atoms in total. The Kier molecular flexibility index (Phi) is 6.29. The Balaban J connectivity index is 2.61. The van der Waals surface area contributed by atoms with Gasteiger partial charge >= 0.3 is 0 Å². The molecule has 18 heavy (non-hydrogen) atoms. The van der Waals surface area contributed by atoms with Crippen molar-refractivity contribution >= 4 is 22.4 Å². The van der Waals surface area contributed by atoms with E-state index in [4.69, 9.17) is 5.73 Å². The van der Waals surface area contributed by atoms with E-state index in [1.54, 1.807) is 11.3 Å². The number of nitrogens with two attached hydrogens (primary N) is 1. The van der Waals surface area contributed by atoms with Gasteiger partial charge in [-0.15, -0.1) is 11.3 Å². The van der Waals surface area contributed by atoms with Crippen molar-refractivity contribution in [1.82, 2.24) is 4.98 Å². The zero-order valence-electron chi connectivity index (χ0n) is 11.4. The Bertz CT molecular complexity index is 374. The molecule has 1 atom stereocenters. The lowest BCUT2D eigenvalue weighted by Crippen LogP contribution is -2.35. The van der Waals surface area contributed by atoms with E-state index in [9.17, 15) is 4.79 Å². The monoisotopic (exact) mass is 269 g/mol. The van der Waals surface area contributed by atoms with Crippen LogP contribution in [0.3, 0.4) is 0 Å². The molecule has 0 saturated heterocycles. The summed E-state index contributed by atoms with van der Waals surface area (Å²) in [6, 6.07) is -0.435. The van der Waals surface area contributed by atoms with Crippen molar-refractivity contribution in [3.63, 3.8) is 0 Å². The van der Waals surface area contributed by atoms with E-state index < -0.39 is 6.04 Å². The van der Waals surface area contributed by atoms with Crippen LogP contribution in [-0.2, 0) is 4.79 Å². The van der Waals surface area contributed by atoms with Crippen molar-refractivity contribution in [2.75, 3.05) is 5.32 Å². The fraction of sp³-hybridized carbons (Fsp3) is 0.692. The highest BCUT2D eigenvalue weighted by molar-refractivity contribution is 7.15. The first kappa shape index (κ1) is 15.1. The van der Waals surface area contributed by atoms with E-state index in [0.717, 1.165) is 19.3 Å². The van der Waals surface area contributed by atoms with Gasteiger partial charge < -0.3 is 11.1 Å². The Morgan fingerprint density at radius 2 is 2.11 bits per heavy atom. The fourth-order valence-electron chi connectivity index (χ4n) is 1.86. The molecule has 0 aliphatic heterocycles. The molecule has 1 aromatic rings. The van der Waals surface area contributed by atoms with Crippen LogP contribution in [0.5, 0.6) is 0 Å². The highest BCUT2D eigenvalue weighted by atomic mass is 32.1. The second-order valence-corrected chi connectivity index (χ2v) is 5.53. The Labute approximate surface area is 113 Å². The smallest absolute Gasteiger partial charge is 0.243 e. The third-order valence-corrected chi connectivity index (χ3v) is 4.15. The summed E-state index contributed by atoms with van der Waals surface area (Å²) < 4.78 is 0. The van der Waals surface area contributed by atoms with Gasteiger partial charge in [0, 0.05) is 11.1 Å². The number of rotatable bonds is 7. The van der Waals surface area contributed by atoms with Crippen LogP contribution in [0.1, 0.15) is 57.2 Å². The average molecular weight is 269 g/mol. The normalized spacial score (nSPS) is 12.7. The summed E-state index contributed by atoms with van der Waals surface area (Å²) in [7, 11) is 0. The number of hydrogen-bond donors (Lipinski definition) is 2. The fourth-order valence-corrected chi connectivity index (χ4v) is 2.95. The van der Waals surface area contributed by atoms with E-state index in [1.165, 1.54) is 4.88 Å². The maximum absolute atomic E-state index is 11.8. The number of carbonyl (C=O) groups excluding carboxylic acids is 1. The van der Waals surface area contributed by atoms with Gasteiger partial charge in [0.25, 0.3) is 0 Å². The maximum Gasteiger partial charge on any atom is 0.243 e. The zero-order chi connectivity index (χ0) is 13.5. The van der Waals surface area contributed by atoms with Gasteiger partial charge in [0.05, 0.1) is 6.04 Å². The van der Waals surface area contributed by atoms with Crippen molar-refractivity contribution in [2.45, 2.75) is 58.4 Å². The van der Waals surface area contributed by atoms with Gasteiger partial charge in [0.15, 0.2) is 5.13 Å². The summed E-state index contributed by atoms with van der Waals surface area (Å²) in [5.74, 6) is 0.403. The number of aromatic nitrogens is 1. The van der Waals surface area contributed by atoms with Gasteiger partial charge in [0.2, 0.25) is 5.91 Å². The quantitative estimate of drug-likeness (QED) is 0.799. The van der Waals surface area contributed by atoms with Gasteiger partial charge in [-0.05, 0) is 25.2 Å². The number of amides is 1. The molecule has 0 aromatic carbocycles. The summed E-state index contributed by atoms with van der Waals surface area (Å²) in [5.41, 5.74) is 5.76. The molecule has 1 heterocycles. The number of carbonyl (C=O) groups is 1. The van der Waals surface area contributed by atoms with Gasteiger partial charge in [0.1, 0.15) is 0 Å². The molecule has 0 spiro atoms. The molecule has 0 saturated carbocycles. The van der Waals surface area contributed by atoms with Crippen LogP contribution < -0.4 is 11.1 Å². The maximum atomic E-state index is 11.8.